The Kier molecular flexibility index (Phi) is 4.34. The molecule has 0 aliphatic carbocycles. The van der Waals surface area contributed by atoms with E-state index in [-0.39, 0.29) is 0 Å². The molecule has 0 N–H and O–H groups in total. The lowest BCUT2D eigenvalue weighted by molar-refractivity contribution is 0.214. The van der Waals surface area contributed by atoms with Gasteiger partial charge in [-0.1, -0.05) is 5.16 Å². The predicted octanol–water partition coefficient (Wildman–Crippen LogP) is 1.55. The molecule has 128 valence electrons. The lowest BCUT2D eigenvalue weighted by Crippen LogP contribution is -2.46. The third-order valence-corrected chi connectivity index (χ3v) is 4.20. The molecule has 8 nitrogen and oxygen atoms in total. The van der Waals surface area contributed by atoms with Crippen LogP contribution in [0.15, 0.2) is 41.3 Å². The number of nitrogens with zero attached hydrogens (tertiary/aromatic N) is 7. The maximum absolute atomic E-state index is 5.20. The minimum absolute atomic E-state index is 0.668. The van der Waals surface area contributed by atoms with E-state index in [1.54, 1.807) is 12.4 Å². The smallest absolute Gasteiger partial charge is 0.240 e. The highest BCUT2D eigenvalue weighted by Gasteiger charge is 2.21. The molecule has 1 aliphatic rings. The van der Waals surface area contributed by atoms with E-state index >= 15 is 0 Å². The fourth-order valence-corrected chi connectivity index (χ4v) is 2.89. The van der Waals surface area contributed by atoms with Gasteiger partial charge in [0.1, 0.15) is 0 Å². The monoisotopic (exact) mass is 337 g/mol. The van der Waals surface area contributed by atoms with E-state index in [4.69, 9.17) is 9.51 Å². The zero-order valence-corrected chi connectivity index (χ0v) is 14.0. The number of hydrogen-bond donors (Lipinski definition) is 0. The number of pyridine rings is 1. The molecule has 3 aromatic rings. The van der Waals surface area contributed by atoms with Crippen molar-refractivity contribution in [1.82, 2.24) is 30.0 Å². The summed E-state index contributed by atoms with van der Waals surface area (Å²) in [7, 11) is 0. The van der Waals surface area contributed by atoms with Gasteiger partial charge in [0, 0.05) is 50.3 Å². The number of piperazine rings is 1. The van der Waals surface area contributed by atoms with Crippen molar-refractivity contribution < 1.29 is 4.52 Å². The van der Waals surface area contributed by atoms with Gasteiger partial charge in [0.2, 0.25) is 11.8 Å². The Morgan fingerprint density at radius 2 is 1.80 bits per heavy atom. The van der Waals surface area contributed by atoms with E-state index < -0.39 is 0 Å². The molecule has 0 bridgehead atoms. The third kappa shape index (κ3) is 3.63. The van der Waals surface area contributed by atoms with Gasteiger partial charge in [0.15, 0.2) is 5.82 Å². The molecule has 3 aromatic heterocycles. The highest BCUT2D eigenvalue weighted by molar-refractivity contribution is 5.59. The molecule has 0 atom stereocenters. The van der Waals surface area contributed by atoms with Gasteiger partial charge in [0.25, 0.3) is 0 Å². The van der Waals surface area contributed by atoms with Gasteiger partial charge in [-0.05, 0) is 25.1 Å². The first-order valence-electron chi connectivity index (χ1n) is 8.28. The number of rotatable bonds is 4. The Labute approximate surface area is 145 Å². The highest BCUT2D eigenvalue weighted by atomic mass is 16.5. The Morgan fingerprint density at radius 1 is 1.00 bits per heavy atom. The molecule has 1 aliphatic heterocycles. The van der Waals surface area contributed by atoms with Gasteiger partial charge in [0.05, 0.1) is 12.2 Å². The van der Waals surface area contributed by atoms with Crippen LogP contribution in [0.4, 0.5) is 5.95 Å². The largest absolute Gasteiger partial charge is 0.338 e. The van der Waals surface area contributed by atoms with Crippen LogP contribution in [0, 0.1) is 6.92 Å². The second-order valence-corrected chi connectivity index (χ2v) is 5.98. The average molecular weight is 337 g/mol. The second kappa shape index (κ2) is 6.94. The summed E-state index contributed by atoms with van der Waals surface area (Å²) in [6.45, 7) is 6.07. The van der Waals surface area contributed by atoms with Crippen LogP contribution in [0.5, 0.6) is 0 Å². The van der Waals surface area contributed by atoms with Crippen LogP contribution >= 0.6 is 0 Å². The molecule has 0 aromatic carbocycles. The third-order valence-electron chi connectivity index (χ3n) is 4.20. The normalized spacial score (nSPS) is 15.5. The van der Waals surface area contributed by atoms with E-state index in [1.165, 1.54) is 0 Å². The number of aromatic nitrogens is 5. The van der Waals surface area contributed by atoms with Crippen molar-refractivity contribution in [2.24, 2.45) is 0 Å². The minimum Gasteiger partial charge on any atom is -0.338 e. The van der Waals surface area contributed by atoms with Gasteiger partial charge in [-0.2, -0.15) is 4.98 Å². The molecule has 0 spiro atoms. The van der Waals surface area contributed by atoms with Crippen molar-refractivity contribution >= 4 is 5.95 Å². The first kappa shape index (κ1) is 15.6. The van der Waals surface area contributed by atoms with E-state index in [0.29, 0.717) is 18.3 Å². The molecule has 0 unspecified atom stereocenters. The molecule has 4 heterocycles. The fourth-order valence-electron chi connectivity index (χ4n) is 2.89. The topological polar surface area (TPSA) is 84.1 Å². The Bertz CT molecular complexity index is 828. The van der Waals surface area contributed by atoms with Crippen LogP contribution in [0.3, 0.4) is 0 Å². The van der Waals surface area contributed by atoms with Crippen molar-refractivity contribution in [3.05, 3.63) is 48.5 Å². The summed E-state index contributed by atoms with van der Waals surface area (Å²) in [6.07, 6.45) is 5.36. The lowest BCUT2D eigenvalue weighted by Gasteiger charge is -2.33. The summed E-state index contributed by atoms with van der Waals surface area (Å²) in [6, 6.07) is 5.83. The Balaban J connectivity index is 1.41. The fraction of sp³-hybridized carbons (Fsp3) is 0.353. The predicted molar refractivity (Wildman–Crippen MR) is 91.8 cm³/mol. The SMILES string of the molecule is Cc1noc(CN2CCN(c3nccc(-c4ccncc4)n3)CC2)n1. The molecule has 25 heavy (non-hydrogen) atoms. The zero-order valence-electron chi connectivity index (χ0n) is 14.0. The van der Waals surface area contributed by atoms with Crippen molar-refractivity contribution in [3.8, 4) is 11.3 Å². The molecule has 1 saturated heterocycles. The molecule has 0 saturated carbocycles. The van der Waals surface area contributed by atoms with Crippen LogP contribution < -0.4 is 4.90 Å². The zero-order chi connectivity index (χ0) is 17.1. The summed E-state index contributed by atoms with van der Waals surface area (Å²) in [5.74, 6) is 2.11. The molecule has 0 radical (unpaired) electrons. The Hall–Kier alpha value is -2.87. The van der Waals surface area contributed by atoms with Gasteiger partial charge >= 0.3 is 0 Å². The molecular formula is C17H19N7O. The van der Waals surface area contributed by atoms with Gasteiger partial charge in [-0.3, -0.25) is 9.88 Å². The van der Waals surface area contributed by atoms with Crippen molar-refractivity contribution in [2.45, 2.75) is 13.5 Å². The summed E-state index contributed by atoms with van der Waals surface area (Å²) in [5.41, 5.74) is 1.96. The van der Waals surface area contributed by atoms with Crippen LogP contribution in [-0.2, 0) is 6.54 Å². The minimum atomic E-state index is 0.668. The average Bonchev–Trinajstić information content (AvgIpc) is 3.08. The summed E-state index contributed by atoms with van der Waals surface area (Å²) >= 11 is 0. The van der Waals surface area contributed by atoms with Crippen molar-refractivity contribution in [1.29, 1.82) is 0 Å². The standard InChI is InChI=1S/C17H19N7O/c1-13-20-16(25-22-13)12-23-8-10-24(11-9-23)17-19-7-4-15(21-17)14-2-5-18-6-3-14/h2-7H,8-12H2,1H3. The molecule has 4 rings (SSSR count). The summed E-state index contributed by atoms with van der Waals surface area (Å²) < 4.78 is 5.20. The van der Waals surface area contributed by atoms with Gasteiger partial charge < -0.3 is 9.42 Å². The maximum atomic E-state index is 5.20. The molecule has 1 fully saturated rings. The van der Waals surface area contributed by atoms with Gasteiger partial charge in [-0.25, -0.2) is 9.97 Å². The van der Waals surface area contributed by atoms with Gasteiger partial charge in [-0.15, -0.1) is 0 Å². The molecule has 8 heteroatoms. The van der Waals surface area contributed by atoms with Crippen LogP contribution in [0.1, 0.15) is 11.7 Å². The maximum Gasteiger partial charge on any atom is 0.240 e. The van der Waals surface area contributed by atoms with Crippen molar-refractivity contribution in [2.75, 3.05) is 31.1 Å². The number of hydrogen-bond acceptors (Lipinski definition) is 8. The van der Waals surface area contributed by atoms with E-state index in [2.05, 4.69) is 29.9 Å². The summed E-state index contributed by atoms with van der Waals surface area (Å²) in [4.78, 5) is 22.0. The lowest BCUT2D eigenvalue weighted by atomic mass is 10.2. The quantitative estimate of drug-likeness (QED) is 0.709. The van der Waals surface area contributed by atoms with Crippen molar-refractivity contribution in [3.63, 3.8) is 0 Å². The summed E-state index contributed by atoms with van der Waals surface area (Å²) in [5, 5.41) is 3.84. The highest BCUT2D eigenvalue weighted by Crippen LogP contribution is 2.19. The van der Waals surface area contributed by atoms with Crippen LogP contribution in [-0.4, -0.2) is 56.2 Å². The van der Waals surface area contributed by atoms with E-state index in [9.17, 15) is 0 Å². The Morgan fingerprint density at radius 3 is 2.52 bits per heavy atom. The number of anilines is 1. The van der Waals surface area contributed by atoms with Crippen LogP contribution in [0.2, 0.25) is 0 Å². The first-order chi connectivity index (χ1) is 12.3. The first-order valence-corrected chi connectivity index (χ1v) is 8.28. The van der Waals surface area contributed by atoms with E-state index in [1.807, 2.05) is 31.3 Å². The molecule has 0 amide bonds. The number of aryl methyl sites for hydroxylation is 1. The van der Waals surface area contributed by atoms with Crippen LogP contribution in [0.25, 0.3) is 11.3 Å². The van der Waals surface area contributed by atoms with E-state index in [0.717, 1.165) is 43.4 Å². The second-order valence-electron chi connectivity index (χ2n) is 5.98. The molecular weight excluding hydrogens is 318 g/mol.